The highest BCUT2D eigenvalue weighted by Crippen LogP contribution is 2.59. The second-order valence-corrected chi connectivity index (χ2v) is 15.5. The zero-order valence-electron chi connectivity index (χ0n) is 27.8. The van der Waals surface area contributed by atoms with Crippen LogP contribution >= 0.6 is 18.9 Å². The summed E-state index contributed by atoms with van der Waals surface area (Å²) in [4.78, 5) is 75.5. The van der Waals surface area contributed by atoms with Crippen molar-refractivity contribution in [2.75, 3.05) is 18.4 Å². The summed E-state index contributed by atoms with van der Waals surface area (Å²) >= 11 is 0.926. The molecule has 0 radical (unpaired) electrons. The maximum atomic E-state index is 14.4. The molecule has 2 saturated heterocycles. The van der Waals surface area contributed by atoms with Gasteiger partial charge in [-0.3, -0.25) is 23.7 Å². The monoisotopic (exact) mass is 749 g/mol. The smallest absolute Gasteiger partial charge is 0.340 e. The van der Waals surface area contributed by atoms with E-state index in [1.54, 1.807) is 6.07 Å². The van der Waals surface area contributed by atoms with E-state index in [2.05, 4.69) is 16.7 Å². The Hall–Kier alpha value is -5.00. The van der Waals surface area contributed by atoms with Crippen molar-refractivity contribution in [1.29, 1.82) is 5.26 Å². The summed E-state index contributed by atoms with van der Waals surface area (Å²) in [5.74, 6) is -2.06. The third kappa shape index (κ3) is 7.33. The number of rotatable bonds is 8. The lowest BCUT2D eigenvalue weighted by Crippen LogP contribution is -2.60. The first-order valence-corrected chi connectivity index (χ1v) is 18.8. The van der Waals surface area contributed by atoms with Crippen LogP contribution in [0.2, 0.25) is 0 Å². The number of nitrogens with one attached hydrogen (secondary N) is 2. The summed E-state index contributed by atoms with van der Waals surface area (Å²) in [7, 11) is -5.82. The molecular formula is C36H34F2N5O7PS. The van der Waals surface area contributed by atoms with Crippen molar-refractivity contribution < 1.29 is 42.3 Å². The minimum Gasteiger partial charge on any atom is -0.340 e. The maximum Gasteiger partial charge on any atom is 0.399 e. The van der Waals surface area contributed by atoms with E-state index >= 15 is 0 Å². The number of hydrogen-bond acceptors (Lipinski definition) is 7. The first-order chi connectivity index (χ1) is 24.7. The topological polar surface area (TPSA) is 180 Å². The van der Waals surface area contributed by atoms with E-state index in [0.717, 1.165) is 34.6 Å². The molecule has 2 aliphatic heterocycles. The van der Waals surface area contributed by atoms with Gasteiger partial charge in [-0.25, -0.2) is 0 Å². The van der Waals surface area contributed by atoms with Gasteiger partial charge in [-0.05, 0) is 71.7 Å². The summed E-state index contributed by atoms with van der Waals surface area (Å²) in [6.07, 6.45) is 1.26. The average molecular weight is 750 g/mol. The predicted molar refractivity (Wildman–Crippen MR) is 189 cm³/mol. The van der Waals surface area contributed by atoms with Crippen LogP contribution in [0.4, 0.5) is 14.5 Å². The van der Waals surface area contributed by atoms with Crippen LogP contribution in [0.5, 0.6) is 0 Å². The van der Waals surface area contributed by atoms with Gasteiger partial charge in [0.2, 0.25) is 17.7 Å². The van der Waals surface area contributed by atoms with E-state index in [1.807, 2.05) is 42.5 Å². The number of carbonyl (C=O) groups is 4. The first-order valence-electron chi connectivity index (χ1n) is 16.4. The third-order valence-corrected chi connectivity index (χ3v) is 11.5. The lowest BCUT2D eigenvalue weighted by molar-refractivity contribution is -0.143. The van der Waals surface area contributed by atoms with E-state index in [0.29, 0.717) is 35.2 Å². The Morgan fingerprint density at radius 2 is 1.77 bits per heavy atom. The van der Waals surface area contributed by atoms with Gasteiger partial charge in [0.15, 0.2) is 0 Å². The van der Waals surface area contributed by atoms with Crippen molar-refractivity contribution in [3.05, 3.63) is 88.8 Å². The summed E-state index contributed by atoms with van der Waals surface area (Å²) in [5.41, 5.74) is -2.50. The van der Waals surface area contributed by atoms with Crippen LogP contribution in [0.15, 0.2) is 72.8 Å². The fourth-order valence-corrected chi connectivity index (χ4v) is 8.16. The number of benzene rings is 3. The van der Waals surface area contributed by atoms with E-state index in [1.165, 1.54) is 28.9 Å². The Morgan fingerprint density at radius 1 is 1.02 bits per heavy atom. The minimum absolute atomic E-state index is 0.0341. The first kappa shape index (κ1) is 36.8. The molecule has 0 aliphatic carbocycles. The second kappa shape index (κ2) is 14.6. The maximum absolute atomic E-state index is 14.4. The van der Waals surface area contributed by atoms with Gasteiger partial charge in [0.05, 0.1) is 17.4 Å². The molecular weight excluding hydrogens is 715 g/mol. The standard InChI is InChI=1S/C36H34F2N5O7PS/c1-21(44)42-16-14-27-9-11-30(33(45)40-28-10-7-23(17-24(28)13-15-39)22-5-3-2-4-6-22)43(27)35(47)29(20-42)41-34(46)32-19-25-18-26(8-12-31(25)52-32)36(37,38)51(48,49)50/h2-8,10,12,17-19,27,29-30H,9,11,13-14,16,20H2,1H3,(H,40,45)(H,41,46)(H2,48,49,50)/t27-,29?,30+/m1/s1. The highest BCUT2D eigenvalue weighted by atomic mass is 32.1. The van der Waals surface area contributed by atoms with Gasteiger partial charge in [0, 0.05) is 42.0 Å². The number of halogens is 2. The van der Waals surface area contributed by atoms with Gasteiger partial charge < -0.3 is 30.2 Å². The fraction of sp³-hybridized carbons (Fsp3) is 0.306. The summed E-state index contributed by atoms with van der Waals surface area (Å²) in [6.45, 7) is 1.46. The summed E-state index contributed by atoms with van der Waals surface area (Å²) in [6, 6.07) is 18.8. The number of hydrogen-bond donors (Lipinski definition) is 4. The van der Waals surface area contributed by atoms with Crippen LogP contribution in [0.1, 0.15) is 47.0 Å². The normalized spacial score (nSPS) is 19.4. The Kier molecular flexibility index (Phi) is 10.3. The minimum atomic E-state index is -5.82. The fourth-order valence-electron chi connectivity index (χ4n) is 6.74. The SMILES string of the molecule is CC(=O)N1CC[C@H]2CC[C@@H](C(=O)Nc3ccc(-c4ccccc4)cc3CC#N)N2C(=O)C(NC(=O)c2cc3cc(C(F)(F)P(=O)(O)O)ccc3s2)C1. The lowest BCUT2D eigenvalue weighted by Gasteiger charge is -2.38. The van der Waals surface area contributed by atoms with E-state index < -0.39 is 54.7 Å². The van der Waals surface area contributed by atoms with Crippen molar-refractivity contribution in [2.45, 2.75) is 56.4 Å². The molecule has 6 rings (SSSR count). The number of nitriles is 1. The van der Waals surface area contributed by atoms with Crippen molar-refractivity contribution in [2.24, 2.45) is 0 Å². The van der Waals surface area contributed by atoms with Crippen molar-refractivity contribution in [3.63, 3.8) is 0 Å². The van der Waals surface area contributed by atoms with E-state index in [-0.39, 0.29) is 35.7 Å². The molecule has 1 unspecified atom stereocenters. The van der Waals surface area contributed by atoms with Crippen LogP contribution in [-0.2, 0) is 31.0 Å². The quantitative estimate of drug-likeness (QED) is 0.177. The van der Waals surface area contributed by atoms with Crippen LogP contribution in [-0.4, -0.2) is 74.4 Å². The Balaban J connectivity index is 1.24. The molecule has 0 bridgehead atoms. The zero-order chi connectivity index (χ0) is 37.4. The van der Waals surface area contributed by atoms with Crippen LogP contribution < -0.4 is 10.6 Å². The van der Waals surface area contributed by atoms with Crippen LogP contribution in [0.3, 0.4) is 0 Å². The highest BCUT2D eigenvalue weighted by Gasteiger charge is 2.50. The molecule has 270 valence electrons. The number of thiophene rings is 1. The predicted octanol–water partition coefficient (Wildman–Crippen LogP) is 5.21. The number of amides is 4. The summed E-state index contributed by atoms with van der Waals surface area (Å²) in [5, 5.41) is 15.3. The van der Waals surface area contributed by atoms with Gasteiger partial charge in [-0.15, -0.1) is 11.3 Å². The average Bonchev–Trinajstić information content (AvgIpc) is 3.73. The molecule has 2 fully saturated rings. The molecule has 52 heavy (non-hydrogen) atoms. The molecule has 3 heterocycles. The molecule has 1 aromatic heterocycles. The van der Waals surface area contributed by atoms with Crippen LogP contribution in [0.25, 0.3) is 21.2 Å². The zero-order valence-corrected chi connectivity index (χ0v) is 29.5. The van der Waals surface area contributed by atoms with Gasteiger partial charge in [0.1, 0.15) is 12.1 Å². The van der Waals surface area contributed by atoms with Crippen molar-refractivity contribution in [3.8, 4) is 17.2 Å². The molecule has 4 amide bonds. The molecule has 16 heteroatoms. The molecule has 2 aliphatic rings. The van der Waals surface area contributed by atoms with Gasteiger partial charge in [-0.2, -0.15) is 14.0 Å². The Morgan fingerprint density at radius 3 is 2.46 bits per heavy atom. The van der Waals surface area contributed by atoms with Gasteiger partial charge in [0.25, 0.3) is 5.91 Å². The van der Waals surface area contributed by atoms with Crippen LogP contribution in [0, 0.1) is 11.3 Å². The molecule has 0 spiro atoms. The number of fused-ring (bicyclic) bond motifs is 2. The Labute approximate surface area is 301 Å². The number of nitrogens with zero attached hydrogens (tertiary/aromatic N) is 3. The Bertz CT molecular complexity index is 2150. The molecule has 3 aromatic carbocycles. The number of carbonyl (C=O) groups excluding carboxylic acids is 4. The number of alkyl halides is 2. The van der Waals surface area contributed by atoms with E-state index in [4.69, 9.17) is 9.79 Å². The molecule has 12 nitrogen and oxygen atoms in total. The molecule has 4 N–H and O–H groups in total. The molecule has 0 saturated carbocycles. The van der Waals surface area contributed by atoms with Crippen molar-refractivity contribution >= 4 is 58.3 Å². The van der Waals surface area contributed by atoms with E-state index in [9.17, 15) is 37.8 Å². The molecule has 3 atom stereocenters. The molecule has 4 aromatic rings. The number of anilines is 1. The summed E-state index contributed by atoms with van der Waals surface area (Å²) < 4.78 is 40.5. The van der Waals surface area contributed by atoms with Gasteiger partial charge in [-0.1, -0.05) is 42.5 Å². The lowest BCUT2D eigenvalue weighted by atomic mass is 10.00. The second-order valence-electron chi connectivity index (χ2n) is 12.8. The van der Waals surface area contributed by atoms with Gasteiger partial charge >= 0.3 is 13.3 Å². The highest BCUT2D eigenvalue weighted by molar-refractivity contribution is 7.52. The largest absolute Gasteiger partial charge is 0.399 e. The van der Waals surface area contributed by atoms with Crippen molar-refractivity contribution in [1.82, 2.24) is 15.1 Å². The third-order valence-electron chi connectivity index (χ3n) is 9.44.